The van der Waals surface area contributed by atoms with Gasteiger partial charge in [0, 0.05) is 18.6 Å². The van der Waals surface area contributed by atoms with Gasteiger partial charge < -0.3 is 15.4 Å². The molecule has 0 saturated heterocycles. The summed E-state index contributed by atoms with van der Waals surface area (Å²) in [5.41, 5.74) is 6.00. The molecule has 0 unspecified atom stereocenters. The van der Waals surface area contributed by atoms with Crippen LogP contribution in [0, 0.1) is 0 Å². The fraction of sp³-hybridized carbons (Fsp3) is 0.714. The van der Waals surface area contributed by atoms with Crippen molar-refractivity contribution in [1.29, 1.82) is 0 Å². The van der Waals surface area contributed by atoms with E-state index in [1.54, 1.807) is 13.3 Å². The highest BCUT2D eigenvalue weighted by Crippen LogP contribution is 2.28. The lowest BCUT2D eigenvalue weighted by Crippen LogP contribution is -2.42. The van der Waals surface area contributed by atoms with Crippen molar-refractivity contribution < 1.29 is 4.74 Å². The van der Waals surface area contributed by atoms with Gasteiger partial charge in [0.25, 0.3) is 0 Å². The van der Waals surface area contributed by atoms with E-state index in [4.69, 9.17) is 10.5 Å². The molecule has 1 fully saturated rings. The molecule has 5 nitrogen and oxygen atoms in total. The Labute approximate surface area is 129 Å². The molecule has 1 saturated carbocycles. The average Bonchev–Trinajstić information content (AvgIpc) is 2.47. The van der Waals surface area contributed by atoms with Crippen molar-refractivity contribution >= 4 is 21.9 Å². The van der Waals surface area contributed by atoms with Gasteiger partial charge in [-0.3, -0.25) is 0 Å². The number of aromatic nitrogens is 2. The molecule has 1 aliphatic carbocycles. The molecule has 0 spiro atoms. The maximum Gasteiger partial charge on any atom is 0.232 e. The number of nitrogens with two attached hydrogens (primary N) is 1. The first-order valence-corrected chi connectivity index (χ1v) is 8.03. The summed E-state index contributed by atoms with van der Waals surface area (Å²) in [6, 6.07) is 0.843. The molecule has 0 aromatic carbocycles. The van der Waals surface area contributed by atoms with Gasteiger partial charge in [-0.15, -0.1) is 0 Å². The molecular formula is C14H23BrN4O. The molecule has 1 aromatic heterocycles. The van der Waals surface area contributed by atoms with E-state index >= 15 is 0 Å². The van der Waals surface area contributed by atoms with Crippen molar-refractivity contribution in [2.75, 3.05) is 18.6 Å². The largest absolute Gasteiger partial charge is 0.480 e. The summed E-state index contributed by atoms with van der Waals surface area (Å²) in [5, 5.41) is 0. The van der Waals surface area contributed by atoms with Gasteiger partial charge in [0.15, 0.2) is 0 Å². The second-order valence-electron chi connectivity index (χ2n) is 5.29. The highest BCUT2D eigenvalue weighted by atomic mass is 79.9. The predicted octanol–water partition coefficient (Wildman–Crippen LogP) is 2.73. The zero-order valence-electron chi connectivity index (χ0n) is 12.2. The first-order valence-electron chi connectivity index (χ1n) is 7.24. The standard InChI is InChI=1S/C14H23BrN4O/c1-3-8-19(11-6-4-10(16)5-7-11)14-17-9-12(15)13(18-14)20-2/h9-11H,3-8,16H2,1-2H3. The Bertz CT molecular complexity index is 435. The van der Waals surface area contributed by atoms with Crippen LogP contribution in [-0.2, 0) is 0 Å². The smallest absolute Gasteiger partial charge is 0.232 e. The van der Waals surface area contributed by atoms with E-state index in [1.165, 1.54) is 0 Å². The van der Waals surface area contributed by atoms with Crippen molar-refractivity contribution in [3.05, 3.63) is 10.7 Å². The van der Waals surface area contributed by atoms with Crippen LogP contribution in [0.5, 0.6) is 5.88 Å². The van der Waals surface area contributed by atoms with E-state index in [0.29, 0.717) is 18.0 Å². The minimum absolute atomic E-state index is 0.357. The third kappa shape index (κ3) is 3.61. The molecule has 1 heterocycles. The number of anilines is 1. The predicted molar refractivity (Wildman–Crippen MR) is 84.2 cm³/mol. The van der Waals surface area contributed by atoms with Crippen LogP contribution in [0.1, 0.15) is 39.0 Å². The van der Waals surface area contributed by atoms with Crippen LogP contribution in [0.25, 0.3) is 0 Å². The summed E-state index contributed by atoms with van der Waals surface area (Å²) < 4.78 is 6.06. The van der Waals surface area contributed by atoms with Crippen LogP contribution in [0.2, 0.25) is 0 Å². The summed E-state index contributed by atoms with van der Waals surface area (Å²) in [6.07, 6.45) is 7.23. The zero-order chi connectivity index (χ0) is 14.5. The Balaban J connectivity index is 2.19. The maximum atomic E-state index is 6.00. The minimum Gasteiger partial charge on any atom is -0.480 e. The molecule has 1 aromatic rings. The molecule has 20 heavy (non-hydrogen) atoms. The number of nitrogens with zero attached hydrogens (tertiary/aromatic N) is 3. The Kier molecular flexibility index (Phi) is 5.60. The van der Waals surface area contributed by atoms with Gasteiger partial charge in [0.2, 0.25) is 11.8 Å². The average molecular weight is 343 g/mol. The number of hydrogen-bond acceptors (Lipinski definition) is 5. The van der Waals surface area contributed by atoms with Crippen molar-refractivity contribution in [3.8, 4) is 5.88 Å². The molecule has 1 aliphatic rings. The lowest BCUT2D eigenvalue weighted by Gasteiger charge is -2.36. The second kappa shape index (κ2) is 7.22. The molecule has 0 amide bonds. The van der Waals surface area contributed by atoms with E-state index in [0.717, 1.165) is 49.1 Å². The molecule has 2 N–H and O–H groups in total. The fourth-order valence-electron chi connectivity index (χ4n) is 2.72. The SMILES string of the molecule is CCCN(c1ncc(Br)c(OC)n1)C1CCC(N)CC1. The van der Waals surface area contributed by atoms with E-state index in [9.17, 15) is 0 Å². The Morgan fingerprint density at radius 1 is 1.40 bits per heavy atom. The Morgan fingerprint density at radius 2 is 2.10 bits per heavy atom. The highest BCUT2D eigenvalue weighted by molar-refractivity contribution is 9.10. The van der Waals surface area contributed by atoms with E-state index in [2.05, 4.69) is 37.7 Å². The third-order valence-electron chi connectivity index (χ3n) is 3.80. The van der Waals surface area contributed by atoms with Crippen molar-refractivity contribution in [2.24, 2.45) is 5.73 Å². The summed E-state index contributed by atoms with van der Waals surface area (Å²) >= 11 is 3.40. The van der Waals surface area contributed by atoms with Crippen LogP contribution in [0.3, 0.4) is 0 Å². The molecule has 0 atom stereocenters. The van der Waals surface area contributed by atoms with Gasteiger partial charge >= 0.3 is 0 Å². The quantitative estimate of drug-likeness (QED) is 0.891. The van der Waals surface area contributed by atoms with Gasteiger partial charge in [-0.05, 0) is 48.0 Å². The third-order valence-corrected chi connectivity index (χ3v) is 4.34. The van der Waals surface area contributed by atoms with Gasteiger partial charge in [-0.1, -0.05) is 6.92 Å². The van der Waals surface area contributed by atoms with E-state index < -0.39 is 0 Å². The van der Waals surface area contributed by atoms with Crippen molar-refractivity contribution in [3.63, 3.8) is 0 Å². The molecule has 2 rings (SSSR count). The summed E-state index contributed by atoms with van der Waals surface area (Å²) in [7, 11) is 1.63. The highest BCUT2D eigenvalue weighted by Gasteiger charge is 2.26. The fourth-order valence-corrected chi connectivity index (χ4v) is 3.08. The monoisotopic (exact) mass is 342 g/mol. The second-order valence-corrected chi connectivity index (χ2v) is 6.14. The van der Waals surface area contributed by atoms with E-state index in [1.807, 2.05) is 0 Å². The molecule has 6 heteroatoms. The molecule has 0 aliphatic heterocycles. The summed E-state index contributed by atoms with van der Waals surface area (Å²) in [4.78, 5) is 11.3. The first-order chi connectivity index (χ1) is 9.65. The van der Waals surface area contributed by atoms with Crippen LogP contribution in [-0.4, -0.2) is 35.7 Å². The number of hydrogen-bond donors (Lipinski definition) is 1. The number of rotatable bonds is 5. The molecule has 0 radical (unpaired) electrons. The number of halogens is 1. The van der Waals surface area contributed by atoms with Gasteiger partial charge in [-0.25, -0.2) is 4.98 Å². The molecular weight excluding hydrogens is 320 g/mol. The molecule has 0 bridgehead atoms. The number of ether oxygens (including phenoxy) is 1. The van der Waals surface area contributed by atoms with Crippen molar-refractivity contribution in [1.82, 2.24) is 9.97 Å². The summed E-state index contributed by atoms with van der Waals surface area (Å²) in [5.74, 6) is 1.34. The van der Waals surface area contributed by atoms with E-state index in [-0.39, 0.29) is 0 Å². The maximum absolute atomic E-state index is 6.00. The number of methoxy groups -OCH3 is 1. The van der Waals surface area contributed by atoms with Gasteiger partial charge in [-0.2, -0.15) is 4.98 Å². The lowest BCUT2D eigenvalue weighted by molar-refractivity contribution is 0.367. The van der Waals surface area contributed by atoms with Crippen molar-refractivity contribution in [2.45, 2.75) is 51.1 Å². The van der Waals surface area contributed by atoms with Crippen LogP contribution in [0.4, 0.5) is 5.95 Å². The summed E-state index contributed by atoms with van der Waals surface area (Å²) in [6.45, 7) is 3.14. The Morgan fingerprint density at radius 3 is 2.70 bits per heavy atom. The first kappa shape index (κ1) is 15.5. The van der Waals surface area contributed by atoms with Crippen LogP contribution < -0.4 is 15.4 Å². The molecule has 112 valence electrons. The minimum atomic E-state index is 0.357. The topological polar surface area (TPSA) is 64.3 Å². The normalized spacial score (nSPS) is 22.6. The van der Waals surface area contributed by atoms with Gasteiger partial charge in [0.05, 0.1) is 17.8 Å². The van der Waals surface area contributed by atoms with Crippen LogP contribution in [0.15, 0.2) is 10.7 Å². The lowest BCUT2D eigenvalue weighted by atomic mass is 9.91. The Hall–Kier alpha value is -0.880. The zero-order valence-corrected chi connectivity index (χ0v) is 13.8. The van der Waals surface area contributed by atoms with Gasteiger partial charge in [0.1, 0.15) is 0 Å². The van der Waals surface area contributed by atoms with Crippen LogP contribution >= 0.6 is 15.9 Å².